The molecule has 1 atom stereocenters. The van der Waals surface area contributed by atoms with Crippen LogP contribution in [-0.4, -0.2) is 26.8 Å². The van der Waals surface area contributed by atoms with Crippen molar-refractivity contribution in [1.82, 2.24) is 14.8 Å². The molecule has 1 aliphatic heterocycles. The molecule has 6 nitrogen and oxygen atoms in total. The molecule has 1 N–H and O–H groups in total. The standard InChI is InChI=1S/C26H26ClFN4O2S/c1-16-22(24(33)34-18-10-3-2-4-11-18)23(19-12-6-7-13-20(19)27)32-25(29-16)30-26(31-32)35-15-17-9-5-8-14-21(17)28/h5-9,12-14,18,23H,2-4,10-11,15H2,1H3,(H,29,30,31). The Bertz CT molecular complexity index is 1270. The van der Waals surface area contributed by atoms with E-state index in [-0.39, 0.29) is 17.9 Å². The van der Waals surface area contributed by atoms with Gasteiger partial charge in [0.15, 0.2) is 0 Å². The van der Waals surface area contributed by atoms with Crippen LogP contribution in [0.25, 0.3) is 0 Å². The van der Waals surface area contributed by atoms with E-state index in [0.29, 0.717) is 38.7 Å². The number of halogens is 2. The van der Waals surface area contributed by atoms with Crippen LogP contribution in [0.1, 0.15) is 56.2 Å². The van der Waals surface area contributed by atoms with E-state index in [1.807, 2.05) is 25.1 Å². The Morgan fingerprint density at radius 2 is 1.91 bits per heavy atom. The molecule has 5 rings (SSSR count). The van der Waals surface area contributed by atoms with Crippen LogP contribution in [0.3, 0.4) is 0 Å². The zero-order chi connectivity index (χ0) is 24.4. The van der Waals surface area contributed by atoms with Gasteiger partial charge in [0.1, 0.15) is 18.0 Å². The van der Waals surface area contributed by atoms with Gasteiger partial charge in [-0.05, 0) is 50.3 Å². The number of aromatic nitrogens is 3. The summed E-state index contributed by atoms with van der Waals surface area (Å²) < 4.78 is 21.7. The highest BCUT2D eigenvalue weighted by molar-refractivity contribution is 7.98. The van der Waals surface area contributed by atoms with Crippen molar-refractivity contribution >= 4 is 35.3 Å². The highest BCUT2D eigenvalue weighted by Crippen LogP contribution is 2.40. The lowest BCUT2D eigenvalue weighted by atomic mass is 9.95. The van der Waals surface area contributed by atoms with Gasteiger partial charge < -0.3 is 10.1 Å². The second-order valence-corrected chi connectivity index (χ2v) is 10.1. The Hall–Kier alpha value is -2.84. The lowest BCUT2D eigenvalue weighted by molar-refractivity contribution is -0.146. The average Bonchev–Trinajstić information content (AvgIpc) is 3.26. The number of nitrogens with zero attached hydrogens (tertiary/aromatic N) is 3. The number of anilines is 1. The van der Waals surface area contributed by atoms with Gasteiger partial charge in [0.2, 0.25) is 11.1 Å². The van der Waals surface area contributed by atoms with Crippen molar-refractivity contribution in [3.05, 3.63) is 81.8 Å². The lowest BCUT2D eigenvalue weighted by Gasteiger charge is -2.30. The number of carbonyl (C=O) groups excluding carboxylic acids is 1. The van der Waals surface area contributed by atoms with Gasteiger partial charge >= 0.3 is 5.97 Å². The molecule has 1 aliphatic carbocycles. The number of benzene rings is 2. The summed E-state index contributed by atoms with van der Waals surface area (Å²) in [5.74, 6) is 0.253. The van der Waals surface area contributed by atoms with E-state index < -0.39 is 6.04 Å². The quantitative estimate of drug-likeness (QED) is 0.299. The number of ether oxygens (including phenoxy) is 1. The molecule has 0 amide bonds. The summed E-state index contributed by atoms with van der Waals surface area (Å²) >= 11 is 7.93. The first-order chi connectivity index (χ1) is 17.0. The van der Waals surface area contributed by atoms with Gasteiger partial charge in [-0.3, -0.25) is 0 Å². The third-order valence-corrected chi connectivity index (χ3v) is 7.62. The molecular weight excluding hydrogens is 487 g/mol. The van der Waals surface area contributed by atoms with Crippen LogP contribution in [0.4, 0.5) is 10.3 Å². The van der Waals surface area contributed by atoms with Crippen molar-refractivity contribution in [3.8, 4) is 0 Å². The Kier molecular flexibility index (Phi) is 7.11. The summed E-state index contributed by atoms with van der Waals surface area (Å²) in [6, 6.07) is 13.5. The number of nitrogens with one attached hydrogen (secondary N) is 1. The molecular formula is C26H26ClFN4O2S. The van der Waals surface area contributed by atoms with Crippen molar-refractivity contribution in [3.63, 3.8) is 0 Å². The smallest absolute Gasteiger partial charge is 0.338 e. The normalized spacial score (nSPS) is 18.2. The minimum Gasteiger partial charge on any atom is -0.459 e. The van der Waals surface area contributed by atoms with Gasteiger partial charge in [-0.15, -0.1) is 5.10 Å². The number of hydrogen-bond acceptors (Lipinski definition) is 6. The van der Waals surface area contributed by atoms with Crippen molar-refractivity contribution in [2.24, 2.45) is 0 Å². The van der Waals surface area contributed by atoms with Crippen molar-refractivity contribution in [1.29, 1.82) is 0 Å². The minimum absolute atomic E-state index is 0.0764. The van der Waals surface area contributed by atoms with E-state index >= 15 is 0 Å². The maximum absolute atomic E-state index is 14.1. The van der Waals surface area contributed by atoms with Crippen LogP contribution in [0.5, 0.6) is 0 Å². The first-order valence-corrected chi connectivity index (χ1v) is 13.1. The molecule has 0 radical (unpaired) electrons. The third kappa shape index (κ3) is 5.09. The molecule has 3 aromatic rings. The Balaban J connectivity index is 1.47. The molecule has 35 heavy (non-hydrogen) atoms. The van der Waals surface area contributed by atoms with Crippen molar-refractivity contribution in [2.45, 2.75) is 62.1 Å². The lowest BCUT2D eigenvalue weighted by Crippen LogP contribution is -2.32. The molecule has 2 aliphatic rings. The summed E-state index contributed by atoms with van der Waals surface area (Å²) in [6.45, 7) is 1.84. The molecule has 182 valence electrons. The molecule has 0 bridgehead atoms. The third-order valence-electron chi connectivity index (χ3n) is 6.39. The predicted octanol–water partition coefficient (Wildman–Crippen LogP) is 6.53. The van der Waals surface area contributed by atoms with E-state index in [9.17, 15) is 9.18 Å². The fraction of sp³-hybridized carbons (Fsp3) is 0.346. The largest absolute Gasteiger partial charge is 0.459 e. The summed E-state index contributed by atoms with van der Waals surface area (Å²) in [6.07, 6.45) is 5.00. The summed E-state index contributed by atoms with van der Waals surface area (Å²) in [7, 11) is 0. The maximum Gasteiger partial charge on any atom is 0.338 e. The van der Waals surface area contributed by atoms with Crippen LogP contribution in [0, 0.1) is 5.82 Å². The molecule has 9 heteroatoms. The number of fused-ring (bicyclic) bond motifs is 1. The molecule has 0 saturated heterocycles. The molecule has 1 aromatic heterocycles. The molecule has 2 heterocycles. The second-order valence-electron chi connectivity index (χ2n) is 8.80. The van der Waals surface area contributed by atoms with Crippen molar-refractivity contribution in [2.75, 3.05) is 5.32 Å². The number of rotatable bonds is 6. The van der Waals surface area contributed by atoms with Crippen molar-refractivity contribution < 1.29 is 13.9 Å². The predicted molar refractivity (Wildman–Crippen MR) is 135 cm³/mol. The Morgan fingerprint density at radius 3 is 2.69 bits per heavy atom. The summed E-state index contributed by atoms with van der Waals surface area (Å²) in [4.78, 5) is 18.1. The monoisotopic (exact) mass is 512 g/mol. The molecule has 1 saturated carbocycles. The number of allylic oxidation sites excluding steroid dienone is 1. The van der Waals surface area contributed by atoms with Crippen LogP contribution in [0.15, 0.2) is 65.0 Å². The molecule has 1 unspecified atom stereocenters. The van der Waals surface area contributed by atoms with Crippen LogP contribution in [-0.2, 0) is 15.3 Å². The van der Waals surface area contributed by atoms with Crippen LogP contribution < -0.4 is 5.32 Å². The SMILES string of the molecule is CC1=C(C(=O)OC2CCCCC2)C(c2ccccc2Cl)n2nc(SCc3ccccc3F)nc2N1. The number of hydrogen-bond donors (Lipinski definition) is 1. The van der Waals surface area contributed by atoms with Gasteiger partial charge in [-0.25, -0.2) is 13.9 Å². The molecule has 2 aromatic carbocycles. The van der Waals surface area contributed by atoms with E-state index in [4.69, 9.17) is 21.4 Å². The van der Waals surface area contributed by atoms with Gasteiger partial charge in [0.05, 0.1) is 5.57 Å². The van der Waals surface area contributed by atoms with E-state index in [0.717, 1.165) is 31.2 Å². The van der Waals surface area contributed by atoms with Gasteiger partial charge in [-0.2, -0.15) is 4.98 Å². The molecule has 0 spiro atoms. The van der Waals surface area contributed by atoms with E-state index in [1.54, 1.807) is 28.9 Å². The fourth-order valence-corrected chi connectivity index (χ4v) is 5.65. The zero-order valence-corrected chi connectivity index (χ0v) is 20.9. The number of thioether (sulfide) groups is 1. The maximum atomic E-state index is 14.1. The fourth-order valence-electron chi connectivity index (χ4n) is 4.60. The molecule has 1 fully saturated rings. The first kappa shape index (κ1) is 23.9. The second kappa shape index (κ2) is 10.4. The average molecular weight is 513 g/mol. The summed E-state index contributed by atoms with van der Waals surface area (Å²) in [5.41, 5.74) is 2.43. The van der Waals surface area contributed by atoms with Gasteiger partial charge in [0.25, 0.3) is 0 Å². The highest BCUT2D eigenvalue weighted by atomic mass is 35.5. The first-order valence-electron chi connectivity index (χ1n) is 11.8. The topological polar surface area (TPSA) is 69.0 Å². The van der Waals surface area contributed by atoms with Gasteiger partial charge in [-0.1, -0.05) is 66.2 Å². The minimum atomic E-state index is -0.591. The Morgan fingerprint density at radius 1 is 1.17 bits per heavy atom. The van der Waals surface area contributed by atoms with Crippen LogP contribution >= 0.6 is 23.4 Å². The highest BCUT2D eigenvalue weighted by Gasteiger charge is 2.37. The zero-order valence-electron chi connectivity index (χ0n) is 19.3. The van der Waals surface area contributed by atoms with E-state index in [1.165, 1.54) is 24.2 Å². The number of carbonyl (C=O) groups is 1. The van der Waals surface area contributed by atoms with E-state index in [2.05, 4.69) is 10.3 Å². The number of esters is 1. The van der Waals surface area contributed by atoms with Gasteiger partial charge in [0, 0.05) is 22.0 Å². The summed E-state index contributed by atoms with van der Waals surface area (Å²) in [5, 5.41) is 8.91. The Labute approximate surface area is 212 Å². The van der Waals surface area contributed by atoms with Crippen LogP contribution in [0.2, 0.25) is 5.02 Å².